The van der Waals surface area contributed by atoms with Crippen molar-refractivity contribution in [3.8, 4) is 0 Å². The summed E-state index contributed by atoms with van der Waals surface area (Å²) in [6.07, 6.45) is 3.78. The number of nitrogens with zero attached hydrogens (tertiary/aromatic N) is 1. The number of nitrogens with one attached hydrogen (secondary N) is 1. The molecule has 2 heterocycles. The van der Waals surface area contributed by atoms with Crippen LogP contribution < -0.4 is 5.32 Å². The van der Waals surface area contributed by atoms with Crippen LogP contribution in [0.4, 0.5) is 0 Å². The topological polar surface area (TPSA) is 58.5 Å². The summed E-state index contributed by atoms with van der Waals surface area (Å²) < 4.78 is 22.8. The standard InChI is InChI=1S/C13H24N2O2S2/c1-3-13(4-2)9-14-12(18-10-13)15-11-5-7-19(16,17)8-6-11/h11H,3-10H2,1-2H3,(H,14,15). The molecule has 0 spiro atoms. The largest absolute Gasteiger partial charge is 0.362 e. The van der Waals surface area contributed by atoms with Gasteiger partial charge < -0.3 is 5.32 Å². The third-order valence-electron chi connectivity index (χ3n) is 4.46. The highest BCUT2D eigenvalue weighted by Gasteiger charge is 2.31. The first-order chi connectivity index (χ1) is 8.99. The normalized spacial score (nSPS) is 26.7. The lowest BCUT2D eigenvalue weighted by Gasteiger charge is -2.34. The third-order valence-corrected chi connectivity index (χ3v) is 7.45. The van der Waals surface area contributed by atoms with Gasteiger partial charge >= 0.3 is 0 Å². The van der Waals surface area contributed by atoms with E-state index in [1.54, 1.807) is 11.8 Å². The van der Waals surface area contributed by atoms with Crippen molar-refractivity contribution < 1.29 is 8.42 Å². The van der Waals surface area contributed by atoms with Crippen molar-refractivity contribution in [1.82, 2.24) is 5.32 Å². The highest BCUT2D eigenvalue weighted by atomic mass is 32.2. The van der Waals surface area contributed by atoms with E-state index in [1.807, 2.05) is 0 Å². The van der Waals surface area contributed by atoms with Crippen molar-refractivity contribution >= 4 is 26.8 Å². The van der Waals surface area contributed by atoms with Gasteiger partial charge in [-0.1, -0.05) is 25.6 Å². The molecule has 1 N–H and O–H groups in total. The number of hydrogen-bond acceptors (Lipinski definition) is 5. The molecule has 1 saturated heterocycles. The quantitative estimate of drug-likeness (QED) is 0.867. The first-order valence-corrected chi connectivity index (χ1v) is 9.93. The summed E-state index contributed by atoms with van der Waals surface area (Å²) in [5, 5.41) is 4.45. The lowest BCUT2D eigenvalue weighted by Crippen LogP contribution is -2.42. The Balaban J connectivity index is 1.87. The predicted molar refractivity (Wildman–Crippen MR) is 82.6 cm³/mol. The monoisotopic (exact) mass is 304 g/mol. The van der Waals surface area contributed by atoms with Gasteiger partial charge in [0.25, 0.3) is 0 Å². The van der Waals surface area contributed by atoms with E-state index in [2.05, 4.69) is 24.2 Å². The van der Waals surface area contributed by atoms with E-state index in [0.717, 1.165) is 17.5 Å². The first kappa shape index (κ1) is 15.2. The minimum atomic E-state index is -2.77. The zero-order valence-corrected chi connectivity index (χ0v) is 13.4. The Kier molecular flexibility index (Phi) is 4.82. The average Bonchev–Trinajstić information content (AvgIpc) is 2.42. The Morgan fingerprint density at radius 3 is 2.42 bits per heavy atom. The second-order valence-corrected chi connectivity index (χ2v) is 8.96. The maximum atomic E-state index is 11.4. The van der Waals surface area contributed by atoms with E-state index < -0.39 is 9.84 Å². The Morgan fingerprint density at radius 2 is 1.95 bits per heavy atom. The van der Waals surface area contributed by atoms with Gasteiger partial charge in [0.1, 0.15) is 9.84 Å². The van der Waals surface area contributed by atoms with Crippen molar-refractivity contribution in [3.63, 3.8) is 0 Å². The Morgan fingerprint density at radius 1 is 1.32 bits per heavy atom. The average molecular weight is 304 g/mol. The van der Waals surface area contributed by atoms with Crippen LogP contribution in [-0.4, -0.2) is 43.4 Å². The fraction of sp³-hybridized carbons (Fsp3) is 0.923. The molecule has 0 atom stereocenters. The fourth-order valence-electron chi connectivity index (χ4n) is 2.53. The summed E-state index contributed by atoms with van der Waals surface area (Å²) >= 11 is 1.80. The smallest absolute Gasteiger partial charge is 0.156 e. The van der Waals surface area contributed by atoms with Crippen LogP contribution in [0.2, 0.25) is 0 Å². The van der Waals surface area contributed by atoms with Crippen LogP contribution in [0.1, 0.15) is 39.5 Å². The molecule has 0 bridgehead atoms. The summed E-state index contributed by atoms with van der Waals surface area (Å²) in [7, 11) is -2.77. The second kappa shape index (κ2) is 6.04. The van der Waals surface area contributed by atoms with Crippen LogP contribution in [0.3, 0.4) is 0 Å². The second-order valence-electron chi connectivity index (χ2n) is 5.69. The molecule has 0 saturated carbocycles. The van der Waals surface area contributed by atoms with Gasteiger partial charge in [0.15, 0.2) is 5.17 Å². The van der Waals surface area contributed by atoms with E-state index in [1.165, 1.54) is 12.8 Å². The lowest BCUT2D eigenvalue weighted by molar-refractivity contribution is 0.317. The molecule has 110 valence electrons. The van der Waals surface area contributed by atoms with Crippen LogP contribution in [0, 0.1) is 5.41 Å². The molecule has 0 radical (unpaired) electrons. The molecule has 0 amide bonds. The Bertz CT molecular complexity index is 428. The summed E-state index contributed by atoms with van der Waals surface area (Å²) in [6, 6.07) is 0.283. The SMILES string of the molecule is CCC1(CC)CN=C(NC2CCS(=O)(=O)CC2)SC1. The van der Waals surface area contributed by atoms with Crippen molar-refractivity contribution in [2.24, 2.45) is 10.4 Å². The molecule has 2 aliphatic rings. The van der Waals surface area contributed by atoms with Gasteiger partial charge in [-0.05, 0) is 31.1 Å². The van der Waals surface area contributed by atoms with Crippen LogP contribution >= 0.6 is 11.8 Å². The number of amidine groups is 1. The van der Waals surface area contributed by atoms with Crippen LogP contribution in [0.25, 0.3) is 0 Å². The van der Waals surface area contributed by atoms with Gasteiger partial charge in [0.2, 0.25) is 0 Å². The minimum absolute atomic E-state index is 0.283. The zero-order valence-electron chi connectivity index (χ0n) is 11.8. The van der Waals surface area contributed by atoms with Crippen LogP contribution in [-0.2, 0) is 9.84 Å². The number of hydrogen-bond donors (Lipinski definition) is 1. The van der Waals surface area contributed by atoms with E-state index >= 15 is 0 Å². The molecule has 0 aromatic rings. The number of sulfone groups is 1. The maximum Gasteiger partial charge on any atom is 0.156 e. The van der Waals surface area contributed by atoms with Gasteiger partial charge in [-0.25, -0.2) is 8.42 Å². The van der Waals surface area contributed by atoms with E-state index in [0.29, 0.717) is 29.8 Å². The van der Waals surface area contributed by atoms with Gasteiger partial charge in [-0.3, -0.25) is 4.99 Å². The lowest BCUT2D eigenvalue weighted by atomic mass is 9.84. The Labute approximate surface area is 120 Å². The molecule has 2 rings (SSSR count). The highest BCUT2D eigenvalue weighted by Crippen LogP contribution is 2.35. The zero-order chi connectivity index (χ0) is 13.9. The molecule has 0 aliphatic carbocycles. The molecular formula is C13H24N2O2S2. The number of thioether (sulfide) groups is 1. The van der Waals surface area contributed by atoms with Crippen LogP contribution in [0.15, 0.2) is 4.99 Å². The summed E-state index contributed by atoms with van der Waals surface area (Å²) in [5.74, 6) is 1.75. The van der Waals surface area contributed by atoms with Gasteiger partial charge in [-0.15, -0.1) is 0 Å². The van der Waals surface area contributed by atoms with E-state index in [9.17, 15) is 8.42 Å². The molecule has 4 nitrogen and oxygen atoms in total. The predicted octanol–water partition coefficient (Wildman–Crippen LogP) is 2.06. The minimum Gasteiger partial charge on any atom is -0.362 e. The van der Waals surface area contributed by atoms with Gasteiger partial charge in [0.05, 0.1) is 11.5 Å². The van der Waals surface area contributed by atoms with Crippen LogP contribution in [0.5, 0.6) is 0 Å². The van der Waals surface area contributed by atoms with Crippen molar-refractivity contribution in [1.29, 1.82) is 0 Å². The third kappa shape index (κ3) is 3.88. The molecule has 2 aliphatic heterocycles. The summed E-state index contributed by atoms with van der Waals surface area (Å²) in [6.45, 7) is 5.38. The maximum absolute atomic E-state index is 11.4. The highest BCUT2D eigenvalue weighted by molar-refractivity contribution is 8.13. The molecule has 1 fully saturated rings. The summed E-state index contributed by atoms with van der Waals surface area (Å²) in [4.78, 5) is 4.67. The molecule has 0 unspecified atom stereocenters. The number of aliphatic imine (C=N–C) groups is 1. The molecule has 0 aromatic carbocycles. The first-order valence-electron chi connectivity index (χ1n) is 7.13. The molecule has 6 heteroatoms. The molecule has 0 aromatic heterocycles. The van der Waals surface area contributed by atoms with Gasteiger partial charge in [-0.2, -0.15) is 0 Å². The van der Waals surface area contributed by atoms with Crippen molar-refractivity contribution in [2.75, 3.05) is 23.8 Å². The molecular weight excluding hydrogens is 280 g/mol. The van der Waals surface area contributed by atoms with E-state index in [-0.39, 0.29) is 6.04 Å². The summed E-state index contributed by atoms with van der Waals surface area (Å²) in [5.41, 5.74) is 0.367. The fourth-order valence-corrected chi connectivity index (χ4v) is 5.37. The van der Waals surface area contributed by atoms with E-state index in [4.69, 9.17) is 0 Å². The van der Waals surface area contributed by atoms with Crippen molar-refractivity contribution in [3.05, 3.63) is 0 Å². The molecule has 19 heavy (non-hydrogen) atoms. The number of rotatable bonds is 3. The Hall–Kier alpha value is -0.230. The van der Waals surface area contributed by atoms with Gasteiger partial charge in [0, 0.05) is 18.3 Å². The van der Waals surface area contributed by atoms with Crippen molar-refractivity contribution in [2.45, 2.75) is 45.6 Å².